The second kappa shape index (κ2) is 3.91. The van der Waals surface area contributed by atoms with Crippen molar-refractivity contribution in [2.75, 3.05) is 0 Å². The maximum absolute atomic E-state index is 10.8. The molecule has 0 unspecified atom stereocenters. The molecule has 0 bridgehead atoms. The molecule has 1 rings (SSSR count). The Bertz CT molecular complexity index is 319. The van der Waals surface area contributed by atoms with Gasteiger partial charge in [0.1, 0.15) is 11.3 Å². The van der Waals surface area contributed by atoms with Gasteiger partial charge in [-0.15, -0.1) is 0 Å². The van der Waals surface area contributed by atoms with Crippen LogP contribution in [0.3, 0.4) is 0 Å². The number of phenols is 1. The summed E-state index contributed by atoms with van der Waals surface area (Å²) in [5.74, 6) is -1.14. The average Bonchev–Trinajstić information content (AvgIpc) is 2.16. The fourth-order valence-electron chi connectivity index (χ4n) is 1.02. The first-order valence-corrected chi connectivity index (χ1v) is 3.86. The zero-order chi connectivity index (χ0) is 9.84. The quantitative estimate of drug-likeness (QED) is 0.538. The Morgan fingerprint density at radius 3 is 2.69 bits per heavy atom. The van der Waals surface area contributed by atoms with Gasteiger partial charge in [0.15, 0.2) is 0 Å². The van der Waals surface area contributed by atoms with Crippen LogP contribution in [0.15, 0.2) is 18.2 Å². The third-order valence-electron chi connectivity index (χ3n) is 1.77. The van der Waals surface area contributed by atoms with Crippen LogP contribution in [-0.4, -0.2) is 16.3 Å². The van der Waals surface area contributed by atoms with E-state index in [1.165, 1.54) is 12.1 Å². The van der Waals surface area contributed by atoms with Crippen molar-refractivity contribution in [3.05, 3.63) is 29.3 Å². The van der Waals surface area contributed by atoms with Gasteiger partial charge in [-0.05, 0) is 24.1 Å². The first kappa shape index (κ1) is 9.54. The molecule has 2 N–H and O–H groups in total. The molecule has 4 heteroatoms. The number of hydrogen-bond acceptors (Lipinski definition) is 4. The molecular weight excluding hydrogens is 172 g/mol. The summed E-state index contributed by atoms with van der Waals surface area (Å²) in [5.41, 5.74) is 0.867. The van der Waals surface area contributed by atoms with Crippen molar-refractivity contribution in [2.45, 2.75) is 13.3 Å². The molecule has 70 valence electrons. The normalized spacial score (nSPS) is 9.69. The standard InChI is InChI=1S/C9H10O4/c1-2-6-3-4-7(8(10)5-6)9(11)13-12/h3-5,10,12H,2H2,1H3. The fourth-order valence-corrected chi connectivity index (χ4v) is 1.02. The van der Waals surface area contributed by atoms with Crippen LogP contribution in [0.5, 0.6) is 5.75 Å². The van der Waals surface area contributed by atoms with E-state index in [0.29, 0.717) is 0 Å². The summed E-state index contributed by atoms with van der Waals surface area (Å²) >= 11 is 0. The molecule has 0 saturated carbocycles. The second-order valence-electron chi connectivity index (χ2n) is 2.58. The lowest BCUT2D eigenvalue weighted by atomic mass is 10.1. The molecule has 0 radical (unpaired) electrons. The van der Waals surface area contributed by atoms with E-state index in [-0.39, 0.29) is 11.3 Å². The first-order valence-electron chi connectivity index (χ1n) is 3.86. The lowest BCUT2D eigenvalue weighted by molar-refractivity contribution is -0.182. The molecule has 0 heterocycles. The number of rotatable bonds is 2. The van der Waals surface area contributed by atoms with Crippen LogP contribution in [0.1, 0.15) is 22.8 Å². The molecule has 1 aromatic carbocycles. The minimum absolute atomic E-state index is 0.0419. The van der Waals surface area contributed by atoms with Gasteiger partial charge in [-0.2, -0.15) is 5.26 Å². The van der Waals surface area contributed by atoms with Gasteiger partial charge in [0.2, 0.25) is 0 Å². The zero-order valence-electron chi connectivity index (χ0n) is 7.15. The van der Waals surface area contributed by atoms with Gasteiger partial charge >= 0.3 is 5.97 Å². The monoisotopic (exact) mass is 182 g/mol. The topological polar surface area (TPSA) is 66.8 Å². The van der Waals surface area contributed by atoms with E-state index >= 15 is 0 Å². The molecule has 0 amide bonds. The van der Waals surface area contributed by atoms with Crippen molar-refractivity contribution in [1.29, 1.82) is 0 Å². The Labute approximate surface area is 75.3 Å². The summed E-state index contributed by atoms with van der Waals surface area (Å²) in [6.45, 7) is 1.93. The number of benzene rings is 1. The zero-order valence-corrected chi connectivity index (χ0v) is 7.15. The number of aryl methyl sites for hydroxylation is 1. The lowest BCUT2D eigenvalue weighted by Crippen LogP contribution is -2.02. The van der Waals surface area contributed by atoms with E-state index in [9.17, 15) is 9.90 Å². The van der Waals surface area contributed by atoms with Gasteiger partial charge in [0, 0.05) is 0 Å². The van der Waals surface area contributed by atoms with Crippen molar-refractivity contribution in [3.8, 4) is 5.75 Å². The Balaban J connectivity index is 3.05. The third kappa shape index (κ3) is 1.97. The van der Waals surface area contributed by atoms with Gasteiger partial charge in [0.25, 0.3) is 0 Å². The minimum Gasteiger partial charge on any atom is -0.507 e. The SMILES string of the molecule is CCc1ccc(C(=O)OO)c(O)c1. The summed E-state index contributed by atoms with van der Waals surface area (Å²) in [6.07, 6.45) is 0.766. The molecule has 0 aliphatic carbocycles. The summed E-state index contributed by atoms with van der Waals surface area (Å²) in [5, 5.41) is 17.4. The average molecular weight is 182 g/mol. The van der Waals surface area contributed by atoms with E-state index in [0.717, 1.165) is 12.0 Å². The molecular formula is C9H10O4. The van der Waals surface area contributed by atoms with Gasteiger partial charge in [-0.3, -0.25) is 4.89 Å². The predicted molar refractivity (Wildman–Crippen MR) is 45.5 cm³/mol. The van der Waals surface area contributed by atoms with E-state index in [2.05, 4.69) is 4.89 Å². The molecule has 0 aromatic heterocycles. The van der Waals surface area contributed by atoms with Crippen molar-refractivity contribution >= 4 is 5.97 Å². The molecule has 4 nitrogen and oxygen atoms in total. The summed E-state index contributed by atoms with van der Waals surface area (Å²) in [4.78, 5) is 14.3. The maximum Gasteiger partial charge on any atom is 0.376 e. The van der Waals surface area contributed by atoms with Gasteiger partial charge < -0.3 is 5.11 Å². The minimum atomic E-state index is -0.958. The van der Waals surface area contributed by atoms with E-state index in [1.54, 1.807) is 6.07 Å². The number of phenolic OH excluding ortho intramolecular Hbond substituents is 1. The van der Waals surface area contributed by atoms with Gasteiger partial charge in [-0.1, -0.05) is 13.0 Å². The van der Waals surface area contributed by atoms with Crippen LogP contribution in [0.25, 0.3) is 0 Å². The number of carbonyl (C=O) groups is 1. The number of aromatic hydroxyl groups is 1. The van der Waals surface area contributed by atoms with Crippen LogP contribution in [0, 0.1) is 0 Å². The molecule has 0 aliphatic rings. The van der Waals surface area contributed by atoms with E-state index < -0.39 is 5.97 Å². The van der Waals surface area contributed by atoms with Crippen molar-refractivity contribution in [1.82, 2.24) is 0 Å². The molecule has 13 heavy (non-hydrogen) atoms. The van der Waals surface area contributed by atoms with Crippen LogP contribution in [0.2, 0.25) is 0 Å². The third-order valence-corrected chi connectivity index (χ3v) is 1.77. The van der Waals surface area contributed by atoms with Gasteiger partial charge in [0.05, 0.1) is 0 Å². The van der Waals surface area contributed by atoms with Crippen molar-refractivity contribution < 1.29 is 20.0 Å². The van der Waals surface area contributed by atoms with E-state index in [4.69, 9.17) is 5.26 Å². The van der Waals surface area contributed by atoms with Crippen molar-refractivity contribution in [2.24, 2.45) is 0 Å². The van der Waals surface area contributed by atoms with Crippen LogP contribution < -0.4 is 0 Å². The summed E-state index contributed by atoms with van der Waals surface area (Å²) in [7, 11) is 0. The summed E-state index contributed by atoms with van der Waals surface area (Å²) in [6, 6.07) is 4.56. The maximum atomic E-state index is 10.8. The molecule has 0 atom stereocenters. The molecule has 0 aliphatic heterocycles. The summed E-state index contributed by atoms with van der Waals surface area (Å²) < 4.78 is 0. The van der Waals surface area contributed by atoms with Crippen molar-refractivity contribution in [3.63, 3.8) is 0 Å². The Hall–Kier alpha value is -1.55. The van der Waals surface area contributed by atoms with Gasteiger partial charge in [-0.25, -0.2) is 4.79 Å². The highest BCUT2D eigenvalue weighted by Crippen LogP contribution is 2.19. The largest absolute Gasteiger partial charge is 0.507 e. The predicted octanol–water partition coefficient (Wildman–Crippen LogP) is 1.58. The number of hydrogen-bond donors (Lipinski definition) is 2. The molecule has 1 aromatic rings. The van der Waals surface area contributed by atoms with E-state index in [1.807, 2.05) is 6.92 Å². The molecule has 0 spiro atoms. The van der Waals surface area contributed by atoms with Crippen LogP contribution >= 0.6 is 0 Å². The Morgan fingerprint density at radius 2 is 2.23 bits per heavy atom. The fraction of sp³-hybridized carbons (Fsp3) is 0.222. The highest BCUT2D eigenvalue weighted by atomic mass is 17.1. The second-order valence-corrected chi connectivity index (χ2v) is 2.58. The van der Waals surface area contributed by atoms with Crippen LogP contribution in [-0.2, 0) is 11.3 Å². The number of carbonyl (C=O) groups excluding carboxylic acids is 1. The van der Waals surface area contributed by atoms with Crippen LogP contribution in [0.4, 0.5) is 0 Å². The first-order chi connectivity index (χ1) is 6.19. The Kier molecular flexibility index (Phi) is 2.87. The highest BCUT2D eigenvalue weighted by Gasteiger charge is 2.12. The highest BCUT2D eigenvalue weighted by molar-refractivity contribution is 5.91. The lowest BCUT2D eigenvalue weighted by Gasteiger charge is -2.02. The molecule has 0 saturated heterocycles. The smallest absolute Gasteiger partial charge is 0.376 e. The molecule has 0 fully saturated rings. The Morgan fingerprint density at radius 1 is 1.54 bits per heavy atom.